The largest absolute Gasteiger partial charge is 0.458 e. The van der Waals surface area contributed by atoms with Crippen molar-refractivity contribution in [3.05, 3.63) is 0 Å². The number of likely N-dealkylation sites (N-methyl/N-ethyl adjacent to an activating group) is 1. The second-order valence-electron chi connectivity index (χ2n) is 5.67. The van der Waals surface area contributed by atoms with Crippen LogP contribution in [0.4, 0.5) is 0 Å². The normalized spacial score (nSPS) is 28.4. The van der Waals surface area contributed by atoms with Crippen LogP contribution in [-0.4, -0.2) is 35.9 Å². The topological polar surface area (TPSA) is 58.6 Å². The zero-order valence-electron chi connectivity index (χ0n) is 10.8. The molecule has 0 aromatic rings. The van der Waals surface area contributed by atoms with Gasteiger partial charge in [-0.1, -0.05) is 6.92 Å². The van der Waals surface area contributed by atoms with Gasteiger partial charge in [0.25, 0.3) is 0 Å². The Bertz CT molecular complexity index is 259. The molecule has 0 aromatic heterocycles. The molecule has 0 radical (unpaired) electrons. The number of hydrogen-bond acceptors (Lipinski definition) is 4. The Morgan fingerprint density at radius 2 is 2.00 bits per heavy atom. The maximum absolute atomic E-state index is 11.7. The van der Waals surface area contributed by atoms with E-state index in [1.165, 1.54) is 0 Å². The van der Waals surface area contributed by atoms with Gasteiger partial charge in [-0.05, 0) is 46.1 Å². The van der Waals surface area contributed by atoms with Crippen molar-refractivity contribution in [2.24, 2.45) is 11.8 Å². The van der Waals surface area contributed by atoms with Gasteiger partial charge in [-0.25, -0.2) is 4.79 Å². The number of nitrogens with one attached hydrogen (secondary N) is 1. The van der Waals surface area contributed by atoms with E-state index >= 15 is 0 Å². The average molecular weight is 229 g/mol. The van der Waals surface area contributed by atoms with Crippen LogP contribution < -0.4 is 5.32 Å². The highest BCUT2D eigenvalue weighted by atomic mass is 16.6. The minimum absolute atomic E-state index is 0.190. The molecule has 1 fully saturated rings. The summed E-state index contributed by atoms with van der Waals surface area (Å²) in [5, 5.41) is 12.9. The summed E-state index contributed by atoms with van der Waals surface area (Å²) >= 11 is 0. The summed E-state index contributed by atoms with van der Waals surface area (Å²) in [6, 6.07) is -0.190. The van der Waals surface area contributed by atoms with E-state index in [-0.39, 0.29) is 6.04 Å². The fraction of sp³-hybridized carbons (Fsp3) is 0.917. The third kappa shape index (κ3) is 3.46. The lowest BCUT2D eigenvalue weighted by Crippen LogP contribution is -2.47. The summed E-state index contributed by atoms with van der Waals surface area (Å²) in [5.41, 5.74) is -0.550. The molecule has 4 heteroatoms. The van der Waals surface area contributed by atoms with Crippen molar-refractivity contribution in [3.63, 3.8) is 0 Å². The maximum Gasteiger partial charge on any atom is 0.337 e. The van der Waals surface area contributed by atoms with Crippen LogP contribution in [0.2, 0.25) is 0 Å². The van der Waals surface area contributed by atoms with Crippen molar-refractivity contribution in [1.82, 2.24) is 5.32 Å². The summed E-state index contributed by atoms with van der Waals surface area (Å²) in [5.74, 6) is 0.424. The minimum atomic E-state index is -1.07. The van der Waals surface area contributed by atoms with Crippen molar-refractivity contribution < 1.29 is 14.6 Å². The molecule has 94 valence electrons. The number of aliphatic hydroxyl groups excluding tert-OH is 1. The van der Waals surface area contributed by atoms with Crippen LogP contribution in [0.15, 0.2) is 0 Å². The van der Waals surface area contributed by atoms with Crippen molar-refractivity contribution in [2.75, 3.05) is 7.05 Å². The molecule has 0 aromatic carbocycles. The molecule has 2 N–H and O–H groups in total. The van der Waals surface area contributed by atoms with Gasteiger partial charge < -0.3 is 15.2 Å². The van der Waals surface area contributed by atoms with Crippen LogP contribution in [0.3, 0.4) is 0 Å². The number of aliphatic hydroxyl groups is 1. The van der Waals surface area contributed by atoms with Crippen molar-refractivity contribution in [3.8, 4) is 0 Å². The van der Waals surface area contributed by atoms with E-state index in [0.717, 1.165) is 6.42 Å². The molecule has 0 saturated heterocycles. The smallest absolute Gasteiger partial charge is 0.337 e. The lowest BCUT2D eigenvalue weighted by atomic mass is 10.0. The maximum atomic E-state index is 11.7. The first-order chi connectivity index (χ1) is 7.26. The molecular formula is C12H23NO3. The number of esters is 1. The second-order valence-corrected chi connectivity index (χ2v) is 5.67. The highest BCUT2D eigenvalue weighted by molar-refractivity contribution is 5.75. The quantitative estimate of drug-likeness (QED) is 0.704. The molecule has 1 aliphatic rings. The predicted molar refractivity (Wildman–Crippen MR) is 62.0 cm³/mol. The van der Waals surface area contributed by atoms with Gasteiger partial charge in [0.15, 0.2) is 6.10 Å². The van der Waals surface area contributed by atoms with Gasteiger partial charge in [-0.2, -0.15) is 0 Å². The molecule has 0 bridgehead atoms. The zero-order chi connectivity index (χ0) is 12.5. The van der Waals surface area contributed by atoms with E-state index in [1.807, 2.05) is 0 Å². The Balaban J connectivity index is 2.54. The molecule has 0 heterocycles. The van der Waals surface area contributed by atoms with Gasteiger partial charge in [0.05, 0.1) is 0 Å². The van der Waals surface area contributed by atoms with Crippen molar-refractivity contribution >= 4 is 5.97 Å². The second kappa shape index (κ2) is 4.72. The number of ether oxygens (including phenoxy) is 1. The molecule has 1 saturated carbocycles. The Kier molecular flexibility index (Phi) is 3.97. The van der Waals surface area contributed by atoms with Crippen LogP contribution in [0.1, 0.15) is 34.1 Å². The van der Waals surface area contributed by atoms with E-state index in [2.05, 4.69) is 12.2 Å². The van der Waals surface area contributed by atoms with Gasteiger partial charge >= 0.3 is 5.97 Å². The highest BCUT2D eigenvalue weighted by Crippen LogP contribution is 2.41. The SMILES string of the molecule is CN[C@@H]([C@H]1C[C@@H]1C)[C@@H](O)C(=O)OC(C)(C)C. The first kappa shape index (κ1) is 13.5. The molecule has 0 spiro atoms. The van der Waals surface area contributed by atoms with Crippen LogP contribution in [0.25, 0.3) is 0 Å². The molecule has 0 unspecified atom stereocenters. The number of rotatable bonds is 4. The molecular weight excluding hydrogens is 206 g/mol. The van der Waals surface area contributed by atoms with Gasteiger partial charge in [-0.15, -0.1) is 0 Å². The van der Waals surface area contributed by atoms with Crippen LogP contribution in [-0.2, 0) is 9.53 Å². The standard InChI is InChI=1S/C12H23NO3/c1-7-6-8(7)9(13-5)10(14)11(15)16-12(2,3)4/h7-10,13-14H,6H2,1-5H3/t7-,8-,9-,10+/m0/s1. The summed E-state index contributed by atoms with van der Waals surface area (Å²) in [6.07, 6.45) is -0.00933. The summed E-state index contributed by atoms with van der Waals surface area (Å²) in [7, 11) is 1.77. The zero-order valence-corrected chi connectivity index (χ0v) is 10.8. The first-order valence-electron chi connectivity index (χ1n) is 5.84. The third-order valence-electron chi connectivity index (χ3n) is 2.95. The fourth-order valence-electron chi connectivity index (χ4n) is 1.97. The van der Waals surface area contributed by atoms with Gasteiger partial charge in [0.2, 0.25) is 0 Å². The molecule has 0 aliphatic heterocycles. The third-order valence-corrected chi connectivity index (χ3v) is 2.95. The van der Waals surface area contributed by atoms with E-state index in [0.29, 0.717) is 11.8 Å². The number of carbonyl (C=O) groups is 1. The Morgan fingerprint density at radius 1 is 1.50 bits per heavy atom. The molecule has 1 rings (SSSR count). The Labute approximate surface area is 97.4 Å². The fourth-order valence-corrected chi connectivity index (χ4v) is 1.97. The summed E-state index contributed by atoms with van der Waals surface area (Å²) in [4.78, 5) is 11.7. The minimum Gasteiger partial charge on any atom is -0.458 e. The number of carbonyl (C=O) groups excluding carboxylic acids is 1. The first-order valence-corrected chi connectivity index (χ1v) is 5.84. The number of hydrogen-bond donors (Lipinski definition) is 2. The molecule has 1 aliphatic carbocycles. The van der Waals surface area contributed by atoms with Crippen LogP contribution >= 0.6 is 0 Å². The summed E-state index contributed by atoms with van der Waals surface area (Å²) in [6.45, 7) is 7.51. The van der Waals surface area contributed by atoms with Gasteiger partial charge in [0, 0.05) is 6.04 Å². The molecule has 4 nitrogen and oxygen atoms in total. The highest BCUT2D eigenvalue weighted by Gasteiger charge is 2.44. The molecule has 0 amide bonds. The van der Waals surface area contributed by atoms with Gasteiger partial charge in [-0.3, -0.25) is 0 Å². The van der Waals surface area contributed by atoms with Crippen LogP contribution in [0.5, 0.6) is 0 Å². The summed E-state index contributed by atoms with van der Waals surface area (Å²) < 4.78 is 5.17. The lowest BCUT2D eigenvalue weighted by molar-refractivity contribution is -0.167. The lowest BCUT2D eigenvalue weighted by Gasteiger charge is -2.26. The van der Waals surface area contributed by atoms with Gasteiger partial charge in [0.1, 0.15) is 5.60 Å². The Morgan fingerprint density at radius 3 is 2.31 bits per heavy atom. The van der Waals surface area contributed by atoms with Crippen molar-refractivity contribution in [1.29, 1.82) is 0 Å². The van der Waals surface area contributed by atoms with E-state index in [4.69, 9.17) is 4.74 Å². The molecule has 4 atom stereocenters. The molecule has 16 heavy (non-hydrogen) atoms. The predicted octanol–water partition coefficient (Wildman–Crippen LogP) is 0.933. The Hall–Kier alpha value is -0.610. The van der Waals surface area contributed by atoms with Crippen LogP contribution in [0, 0.1) is 11.8 Å². The average Bonchev–Trinajstić information content (AvgIpc) is 2.81. The van der Waals surface area contributed by atoms with E-state index in [1.54, 1.807) is 27.8 Å². The van der Waals surface area contributed by atoms with E-state index < -0.39 is 17.7 Å². The van der Waals surface area contributed by atoms with E-state index in [9.17, 15) is 9.90 Å². The van der Waals surface area contributed by atoms with Crippen molar-refractivity contribution in [2.45, 2.75) is 51.9 Å². The monoisotopic (exact) mass is 229 g/mol.